The fourth-order valence-electron chi connectivity index (χ4n) is 8.49. The third kappa shape index (κ3) is 6.29. The molecular weight excluding hydrogens is 775 g/mol. The predicted octanol–water partition coefficient (Wildman–Crippen LogP) is 12.0. The molecule has 0 nitrogen and oxygen atoms in total. The van der Waals surface area contributed by atoms with E-state index in [1.807, 2.05) is 0 Å². The minimum atomic E-state index is -2.22. The van der Waals surface area contributed by atoms with E-state index >= 15 is 0 Å². The van der Waals surface area contributed by atoms with Crippen LogP contribution in [0.4, 0.5) is 0 Å². The predicted molar refractivity (Wildman–Crippen MR) is 262 cm³/mol. The quantitative estimate of drug-likeness (QED) is 0.111. The first-order valence-corrected chi connectivity index (χ1v) is 25.2. The van der Waals surface area contributed by atoms with Crippen LogP contribution in [0.5, 0.6) is 0 Å². The summed E-state index contributed by atoms with van der Waals surface area (Å²) in [6.07, 6.45) is 0. The minimum Gasteiger partial charge on any atom is -0.0826 e. The number of hydrogen-bond donors (Lipinski definition) is 0. The smallest absolute Gasteiger partial charge is 0.0379 e. The van der Waals surface area contributed by atoms with Crippen molar-refractivity contribution in [3.05, 3.63) is 231 Å². The second-order valence-electron chi connectivity index (χ2n) is 14.7. The summed E-state index contributed by atoms with van der Waals surface area (Å²) >= 11 is 13.3. The summed E-state index contributed by atoms with van der Waals surface area (Å²) in [6.45, 7) is 0. The molecule has 4 heteroatoms. The van der Waals surface area contributed by atoms with Gasteiger partial charge in [-0.1, -0.05) is 242 Å². The Hall–Kier alpha value is -5.72. The van der Waals surface area contributed by atoms with E-state index in [-0.39, 0.29) is 0 Å². The van der Waals surface area contributed by atoms with Gasteiger partial charge in [0, 0.05) is 12.1 Å². The molecule has 0 N–H and O–H groups in total. The summed E-state index contributed by atoms with van der Waals surface area (Å²) in [6, 6.07) is 78.8. The van der Waals surface area contributed by atoms with Gasteiger partial charge >= 0.3 is 0 Å². The summed E-state index contributed by atoms with van der Waals surface area (Å²) in [7, 11) is 0. The van der Waals surface area contributed by atoms with Crippen molar-refractivity contribution in [2.75, 3.05) is 0 Å². The first kappa shape index (κ1) is 36.6. The number of rotatable bonds is 8. The summed E-state index contributed by atoms with van der Waals surface area (Å²) in [5.41, 5.74) is 4.75. The summed E-state index contributed by atoms with van der Waals surface area (Å²) < 4.78 is 0. The molecule has 10 aromatic rings. The van der Waals surface area contributed by atoms with E-state index in [0.717, 1.165) is 0 Å². The number of hydrogen-bond acceptors (Lipinski definition) is 2. The maximum atomic E-state index is 6.63. The van der Waals surface area contributed by atoms with Crippen LogP contribution < -0.4 is 31.8 Å². The Kier molecular flexibility index (Phi) is 9.61. The molecule has 0 unspecified atom stereocenters. The molecule has 0 spiro atoms. The third-order valence-corrected chi connectivity index (χ3v) is 21.4. The van der Waals surface area contributed by atoms with Gasteiger partial charge in [0.25, 0.3) is 0 Å². The lowest BCUT2D eigenvalue weighted by Crippen LogP contribution is -2.24. The Bertz CT molecular complexity index is 2860. The van der Waals surface area contributed by atoms with Crippen molar-refractivity contribution in [1.29, 1.82) is 0 Å². The molecular formula is C54H38P2S2. The molecule has 0 bridgehead atoms. The molecule has 0 fully saturated rings. The highest BCUT2D eigenvalue weighted by Gasteiger charge is 2.26. The van der Waals surface area contributed by atoms with E-state index < -0.39 is 12.1 Å². The van der Waals surface area contributed by atoms with Crippen molar-refractivity contribution in [2.24, 2.45) is 0 Å². The van der Waals surface area contributed by atoms with Crippen LogP contribution in [-0.4, -0.2) is 0 Å². The normalized spacial score (nSPS) is 11.9. The van der Waals surface area contributed by atoms with E-state index in [0.29, 0.717) is 0 Å². The zero-order valence-corrected chi connectivity index (χ0v) is 35.1. The lowest BCUT2D eigenvalue weighted by molar-refractivity contribution is 1.66. The summed E-state index contributed by atoms with van der Waals surface area (Å²) in [5, 5.41) is 14.8. The van der Waals surface area contributed by atoms with Crippen LogP contribution in [0.25, 0.3) is 54.6 Å². The molecule has 0 aliphatic rings. The van der Waals surface area contributed by atoms with Gasteiger partial charge < -0.3 is 0 Å². The third-order valence-electron chi connectivity index (χ3n) is 11.4. The molecule has 0 saturated carbocycles. The van der Waals surface area contributed by atoms with Crippen LogP contribution in [0.2, 0.25) is 0 Å². The number of fused-ring (bicyclic) bond motifs is 6. The van der Waals surface area contributed by atoms with Crippen LogP contribution in [0, 0.1) is 0 Å². The maximum absolute atomic E-state index is 6.63. The zero-order valence-electron chi connectivity index (χ0n) is 31.7. The lowest BCUT2D eigenvalue weighted by Gasteiger charge is -2.24. The first-order valence-electron chi connectivity index (χ1n) is 19.5. The molecule has 0 saturated heterocycles. The van der Waals surface area contributed by atoms with Crippen LogP contribution in [0.3, 0.4) is 0 Å². The molecule has 10 rings (SSSR count). The van der Waals surface area contributed by atoms with Crippen LogP contribution in [0.1, 0.15) is 0 Å². The van der Waals surface area contributed by atoms with Crippen molar-refractivity contribution < 1.29 is 0 Å². The average Bonchev–Trinajstić information content (AvgIpc) is 3.32. The van der Waals surface area contributed by atoms with Crippen molar-refractivity contribution in [3.63, 3.8) is 0 Å². The fourth-order valence-corrected chi connectivity index (χ4v) is 16.0. The monoisotopic (exact) mass is 812 g/mol. The molecule has 0 aromatic heterocycles. The summed E-state index contributed by atoms with van der Waals surface area (Å²) in [4.78, 5) is 0. The van der Waals surface area contributed by atoms with Gasteiger partial charge in [0.15, 0.2) is 0 Å². The Balaban J connectivity index is 1.03. The van der Waals surface area contributed by atoms with E-state index in [1.165, 1.54) is 86.4 Å². The second-order valence-corrected chi connectivity index (χ2v) is 23.5. The van der Waals surface area contributed by atoms with Crippen molar-refractivity contribution in [2.45, 2.75) is 0 Å². The molecule has 276 valence electrons. The van der Waals surface area contributed by atoms with Gasteiger partial charge in [-0.05, 0) is 98.5 Å². The lowest BCUT2D eigenvalue weighted by atomic mass is 9.90. The van der Waals surface area contributed by atoms with Crippen LogP contribution in [0.15, 0.2) is 231 Å². The highest BCUT2D eigenvalue weighted by Crippen LogP contribution is 2.45. The maximum Gasteiger partial charge on any atom is 0.0379 e. The fraction of sp³-hybridized carbons (Fsp3) is 0. The van der Waals surface area contributed by atoms with Gasteiger partial charge in [0.2, 0.25) is 0 Å². The second kappa shape index (κ2) is 15.2. The van der Waals surface area contributed by atoms with Gasteiger partial charge in [0.05, 0.1) is 0 Å². The Morgan fingerprint density at radius 1 is 0.207 bits per heavy atom. The van der Waals surface area contributed by atoms with Gasteiger partial charge in [-0.15, -0.1) is 0 Å². The van der Waals surface area contributed by atoms with Crippen molar-refractivity contribution in [1.82, 2.24) is 0 Å². The van der Waals surface area contributed by atoms with Crippen LogP contribution in [-0.2, 0) is 23.6 Å². The topological polar surface area (TPSA) is 0 Å². The van der Waals surface area contributed by atoms with E-state index in [9.17, 15) is 0 Å². The van der Waals surface area contributed by atoms with Gasteiger partial charge in [-0.25, -0.2) is 0 Å². The van der Waals surface area contributed by atoms with Crippen molar-refractivity contribution in [3.8, 4) is 22.3 Å². The van der Waals surface area contributed by atoms with Gasteiger partial charge in [-0.2, -0.15) is 0 Å². The Labute approximate surface area is 350 Å². The van der Waals surface area contributed by atoms with Gasteiger partial charge in [-0.3, -0.25) is 0 Å². The van der Waals surface area contributed by atoms with E-state index in [1.54, 1.807) is 0 Å². The highest BCUT2D eigenvalue weighted by molar-refractivity contribution is 8.26. The number of benzene rings is 10. The molecule has 58 heavy (non-hydrogen) atoms. The average molecular weight is 813 g/mol. The van der Waals surface area contributed by atoms with Crippen LogP contribution >= 0.6 is 12.1 Å². The molecule has 0 radical (unpaired) electrons. The molecule has 0 amide bonds. The SMILES string of the molecule is S=P(c1ccccc1)(c1ccccc1)c1ccc(-c2ccc3c4ccc(-c5ccc(P(=S)(c6ccccc6)c6ccccc6)cc5)cc4c4ccccc4c3c2)cc1. The molecule has 0 aliphatic carbocycles. The van der Waals surface area contributed by atoms with E-state index in [2.05, 4.69) is 231 Å². The van der Waals surface area contributed by atoms with E-state index in [4.69, 9.17) is 23.6 Å². The summed E-state index contributed by atoms with van der Waals surface area (Å²) in [5.74, 6) is 0. The first-order chi connectivity index (χ1) is 28.5. The standard InChI is InChI=1S/C54H38P2S2/c57-55(43-15-5-1-6-16-43,44-17-7-2-8-18-44)47-31-25-39(26-32-47)41-29-35-51-52-36-30-42(38-54(52)50-24-14-13-23-49(50)53(51)37-41)40-27-33-48(34-28-40)56(58,45-19-9-3-10-20-45)46-21-11-4-12-22-46/h1-38H. The largest absolute Gasteiger partial charge is 0.0826 e. The minimum absolute atomic E-state index is 1.18. The molecule has 0 heterocycles. The van der Waals surface area contributed by atoms with Gasteiger partial charge in [0.1, 0.15) is 0 Å². The highest BCUT2D eigenvalue weighted by atomic mass is 32.4. The Morgan fingerprint density at radius 2 is 0.448 bits per heavy atom. The molecule has 0 atom stereocenters. The Morgan fingerprint density at radius 3 is 0.759 bits per heavy atom. The molecule has 10 aromatic carbocycles. The molecule has 0 aliphatic heterocycles. The zero-order chi connectivity index (χ0) is 39.1. The van der Waals surface area contributed by atoms with Crippen molar-refractivity contribution >= 4 is 99.8 Å².